The molecular formula is C11H16N6O. The first-order chi connectivity index (χ1) is 8.56. The van der Waals surface area contributed by atoms with E-state index in [1.807, 2.05) is 14.0 Å². The predicted molar refractivity (Wildman–Crippen MR) is 66.8 cm³/mol. The number of H-pyrrole nitrogens is 1. The molecule has 0 aliphatic carbocycles. The zero-order valence-electron chi connectivity index (χ0n) is 10.3. The van der Waals surface area contributed by atoms with Gasteiger partial charge in [0, 0.05) is 37.1 Å². The zero-order valence-corrected chi connectivity index (χ0v) is 10.3. The number of carbonyl (C=O) groups excluding carboxylic acids is 1. The van der Waals surface area contributed by atoms with Crippen molar-refractivity contribution in [3.63, 3.8) is 0 Å². The monoisotopic (exact) mass is 248 g/mol. The summed E-state index contributed by atoms with van der Waals surface area (Å²) in [4.78, 5) is 18.6. The van der Waals surface area contributed by atoms with E-state index in [9.17, 15) is 4.79 Å². The van der Waals surface area contributed by atoms with Crippen LogP contribution in [0.2, 0.25) is 0 Å². The summed E-state index contributed by atoms with van der Waals surface area (Å²) in [6.45, 7) is 1.91. The van der Waals surface area contributed by atoms with Crippen molar-refractivity contribution in [2.24, 2.45) is 12.8 Å². The molecule has 7 nitrogen and oxygen atoms in total. The highest BCUT2D eigenvalue weighted by atomic mass is 16.2. The third-order valence-corrected chi connectivity index (χ3v) is 2.70. The van der Waals surface area contributed by atoms with Crippen molar-refractivity contribution < 1.29 is 4.79 Å². The lowest BCUT2D eigenvalue weighted by Crippen LogP contribution is -2.37. The van der Waals surface area contributed by atoms with Gasteiger partial charge in [-0.25, -0.2) is 4.98 Å². The minimum atomic E-state index is -0.632. The molecule has 96 valence electrons. The maximum absolute atomic E-state index is 11.8. The number of amides is 1. The molecule has 7 heteroatoms. The molecule has 2 aromatic heterocycles. The highest BCUT2D eigenvalue weighted by Crippen LogP contribution is 2.07. The van der Waals surface area contributed by atoms with Gasteiger partial charge in [0.05, 0.1) is 12.4 Å². The first-order valence-corrected chi connectivity index (χ1v) is 5.60. The van der Waals surface area contributed by atoms with E-state index in [1.54, 1.807) is 23.3 Å². The van der Waals surface area contributed by atoms with Crippen LogP contribution >= 0.6 is 0 Å². The summed E-state index contributed by atoms with van der Waals surface area (Å²) in [5.41, 5.74) is 7.60. The molecule has 0 aliphatic rings. The Hall–Kier alpha value is -2.15. The van der Waals surface area contributed by atoms with Crippen LogP contribution in [0.1, 0.15) is 11.4 Å². The van der Waals surface area contributed by atoms with Crippen molar-refractivity contribution in [3.8, 4) is 0 Å². The van der Waals surface area contributed by atoms with E-state index in [0.29, 0.717) is 12.2 Å². The Kier molecular flexibility index (Phi) is 3.42. The van der Waals surface area contributed by atoms with E-state index in [-0.39, 0.29) is 5.91 Å². The standard InChI is InChI=1S/C11H16N6O/c1-7-3-10(16-17(7)2)15-11(18)9(12)4-8-5-13-6-14-8/h3,5-6,9H,4,12H2,1-2H3,(H,13,14)(H,15,16,18)/t9-/m0/s1. The van der Waals surface area contributed by atoms with Crippen molar-refractivity contribution in [2.75, 3.05) is 5.32 Å². The van der Waals surface area contributed by atoms with Crippen LogP contribution in [0.4, 0.5) is 5.82 Å². The fraction of sp³-hybridized carbons (Fsp3) is 0.364. The Morgan fingerprint density at radius 1 is 1.67 bits per heavy atom. The maximum atomic E-state index is 11.8. The second-order valence-corrected chi connectivity index (χ2v) is 4.17. The molecule has 0 radical (unpaired) electrons. The van der Waals surface area contributed by atoms with Crippen LogP contribution in [-0.2, 0) is 18.3 Å². The Labute approximate surface area is 104 Å². The van der Waals surface area contributed by atoms with Crippen molar-refractivity contribution in [3.05, 3.63) is 30.0 Å². The lowest BCUT2D eigenvalue weighted by atomic mass is 10.1. The minimum Gasteiger partial charge on any atom is -0.348 e. The molecule has 1 amide bonds. The van der Waals surface area contributed by atoms with E-state index in [0.717, 1.165) is 11.4 Å². The highest BCUT2D eigenvalue weighted by Gasteiger charge is 2.16. The van der Waals surface area contributed by atoms with Crippen molar-refractivity contribution in [2.45, 2.75) is 19.4 Å². The van der Waals surface area contributed by atoms with Crippen molar-refractivity contribution >= 4 is 11.7 Å². The van der Waals surface area contributed by atoms with E-state index >= 15 is 0 Å². The number of anilines is 1. The lowest BCUT2D eigenvalue weighted by molar-refractivity contribution is -0.117. The fourth-order valence-corrected chi connectivity index (χ4v) is 1.57. The van der Waals surface area contributed by atoms with E-state index in [4.69, 9.17) is 5.73 Å². The minimum absolute atomic E-state index is 0.261. The van der Waals surface area contributed by atoms with Crippen molar-refractivity contribution in [1.29, 1.82) is 0 Å². The first-order valence-electron chi connectivity index (χ1n) is 5.60. The van der Waals surface area contributed by atoms with Crippen LogP contribution < -0.4 is 11.1 Å². The SMILES string of the molecule is Cc1cc(NC(=O)[C@@H](N)Cc2cnc[nH]2)nn1C. The van der Waals surface area contributed by atoms with E-state index in [1.165, 1.54) is 0 Å². The lowest BCUT2D eigenvalue weighted by Gasteiger charge is -2.09. The van der Waals surface area contributed by atoms with Crippen molar-refractivity contribution in [1.82, 2.24) is 19.7 Å². The Bertz CT molecular complexity index is 510. The Balaban J connectivity index is 1.95. The van der Waals surface area contributed by atoms with Gasteiger partial charge in [0.1, 0.15) is 0 Å². The number of hydrogen-bond acceptors (Lipinski definition) is 4. The number of aromatic amines is 1. The third kappa shape index (κ3) is 2.75. The topological polar surface area (TPSA) is 102 Å². The Morgan fingerprint density at radius 2 is 2.44 bits per heavy atom. The van der Waals surface area contributed by atoms with Gasteiger partial charge in [-0.05, 0) is 6.92 Å². The van der Waals surface area contributed by atoms with Crippen LogP contribution in [0.5, 0.6) is 0 Å². The van der Waals surface area contributed by atoms with Crippen LogP contribution in [0.3, 0.4) is 0 Å². The van der Waals surface area contributed by atoms with Gasteiger partial charge in [0.2, 0.25) is 5.91 Å². The molecule has 2 heterocycles. The quantitative estimate of drug-likeness (QED) is 0.706. The fourth-order valence-electron chi connectivity index (χ4n) is 1.57. The molecule has 0 fully saturated rings. The molecule has 0 spiro atoms. The van der Waals surface area contributed by atoms with Gasteiger partial charge in [-0.3, -0.25) is 9.48 Å². The summed E-state index contributed by atoms with van der Waals surface area (Å²) in [5.74, 6) is 0.253. The van der Waals surface area contributed by atoms with Gasteiger partial charge in [0.15, 0.2) is 5.82 Å². The molecule has 0 unspecified atom stereocenters. The molecule has 2 rings (SSSR count). The molecule has 0 saturated carbocycles. The van der Waals surface area contributed by atoms with Gasteiger partial charge >= 0.3 is 0 Å². The summed E-state index contributed by atoms with van der Waals surface area (Å²) >= 11 is 0. The molecular weight excluding hydrogens is 232 g/mol. The summed E-state index contributed by atoms with van der Waals surface area (Å²) in [6, 6.07) is 1.16. The van der Waals surface area contributed by atoms with Gasteiger partial charge < -0.3 is 16.0 Å². The van der Waals surface area contributed by atoms with Gasteiger partial charge in [-0.15, -0.1) is 0 Å². The average Bonchev–Trinajstić information content (AvgIpc) is 2.90. The van der Waals surface area contributed by atoms with Crippen LogP contribution in [0, 0.1) is 6.92 Å². The summed E-state index contributed by atoms with van der Waals surface area (Å²) in [7, 11) is 1.81. The Morgan fingerprint density at radius 3 is 3.00 bits per heavy atom. The largest absolute Gasteiger partial charge is 0.348 e. The molecule has 1 atom stereocenters. The first kappa shape index (κ1) is 12.3. The summed E-state index contributed by atoms with van der Waals surface area (Å²) < 4.78 is 1.69. The number of hydrogen-bond donors (Lipinski definition) is 3. The highest BCUT2D eigenvalue weighted by molar-refractivity contribution is 5.94. The molecule has 4 N–H and O–H groups in total. The normalized spacial score (nSPS) is 12.4. The number of nitrogens with one attached hydrogen (secondary N) is 2. The second-order valence-electron chi connectivity index (χ2n) is 4.17. The van der Waals surface area contributed by atoms with Gasteiger partial charge in [0.25, 0.3) is 0 Å². The predicted octanol–water partition coefficient (Wildman–Crippen LogP) is -0.0399. The van der Waals surface area contributed by atoms with Gasteiger partial charge in [-0.1, -0.05) is 0 Å². The number of aryl methyl sites for hydroxylation is 2. The molecule has 18 heavy (non-hydrogen) atoms. The molecule has 0 aliphatic heterocycles. The molecule has 2 aromatic rings. The number of imidazole rings is 1. The number of nitrogens with two attached hydrogens (primary N) is 1. The average molecular weight is 248 g/mol. The molecule has 0 bridgehead atoms. The maximum Gasteiger partial charge on any atom is 0.242 e. The zero-order chi connectivity index (χ0) is 13.1. The van der Waals surface area contributed by atoms with Crippen LogP contribution in [-0.4, -0.2) is 31.7 Å². The number of nitrogens with zero attached hydrogens (tertiary/aromatic N) is 3. The van der Waals surface area contributed by atoms with E-state index in [2.05, 4.69) is 20.4 Å². The molecule has 0 aromatic carbocycles. The summed E-state index contributed by atoms with van der Waals surface area (Å²) in [5, 5.41) is 6.82. The number of aromatic nitrogens is 4. The summed E-state index contributed by atoms with van der Waals surface area (Å²) in [6.07, 6.45) is 3.62. The van der Waals surface area contributed by atoms with Crippen LogP contribution in [0.15, 0.2) is 18.6 Å². The third-order valence-electron chi connectivity index (χ3n) is 2.70. The van der Waals surface area contributed by atoms with Crippen LogP contribution in [0.25, 0.3) is 0 Å². The number of rotatable bonds is 4. The molecule has 0 saturated heterocycles. The van der Waals surface area contributed by atoms with E-state index < -0.39 is 6.04 Å². The van der Waals surface area contributed by atoms with Gasteiger partial charge in [-0.2, -0.15) is 5.10 Å². The second kappa shape index (κ2) is 5.01. The number of carbonyl (C=O) groups is 1. The smallest absolute Gasteiger partial charge is 0.242 e.